The minimum Gasteiger partial charge on any atom is -0.479 e. The van der Waals surface area contributed by atoms with E-state index >= 15 is 0 Å². The van der Waals surface area contributed by atoms with Gasteiger partial charge in [0.05, 0.1) is 18.4 Å². The van der Waals surface area contributed by atoms with Crippen LogP contribution >= 0.6 is 0 Å². The molecule has 2 N–H and O–H groups in total. The van der Waals surface area contributed by atoms with Gasteiger partial charge in [0.2, 0.25) is 5.88 Å². The fourth-order valence-electron chi connectivity index (χ4n) is 2.28. The SMILES string of the molecule is COc1nccc2c(Nc3ccc([S-](=N)=O)cc3)c(C#N)cnc12. The van der Waals surface area contributed by atoms with Crippen molar-refractivity contribution in [1.29, 1.82) is 10.0 Å². The Morgan fingerprint density at radius 2 is 2.00 bits per heavy atom. The molecule has 0 saturated heterocycles. The van der Waals surface area contributed by atoms with Gasteiger partial charge in [0, 0.05) is 23.5 Å². The van der Waals surface area contributed by atoms with Crippen LogP contribution in [0.3, 0.4) is 0 Å². The Bertz CT molecular complexity index is 1020. The van der Waals surface area contributed by atoms with Crippen LogP contribution in [-0.4, -0.2) is 17.1 Å². The Labute approximate surface area is 139 Å². The largest absolute Gasteiger partial charge is 0.479 e. The first kappa shape index (κ1) is 15.7. The molecule has 0 aliphatic rings. The Morgan fingerprint density at radius 1 is 1.25 bits per heavy atom. The fraction of sp³-hybridized carbons (Fsp3) is 0.0625. The molecule has 2 aromatic heterocycles. The van der Waals surface area contributed by atoms with E-state index in [4.69, 9.17) is 9.52 Å². The van der Waals surface area contributed by atoms with Crippen LogP contribution in [-0.2, 0) is 14.8 Å². The molecule has 120 valence electrons. The monoisotopic (exact) mass is 338 g/mol. The van der Waals surface area contributed by atoms with Crippen LogP contribution in [0.2, 0.25) is 0 Å². The van der Waals surface area contributed by atoms with Crippen LogP contribution in [0.4, 0.5) is 11.4 Å². The Hall–Kier alpha value is -3.18. The summed E-state index contributed by atoms with van der Waals surface area (Å²) in [5, 5.41) is 13.2. The summed E-state index contributed by atoms with van der Waals surface area (Å²) in [6.07, 6.45) is 3.05. The van der Waals surface area contributed by atoms with Gasteiger partial charge < -0.3 is 19.0 Å². The molecule has 8 heteroatoms. The second-order valence-electron chi connectivity index (χ2n) is 4.79. The number of anilines is 2. The van der Waals surface area contributed by atoms with E-state index in [0.29, 0.717) is 38.6 Å². The molecule has 0 spiro atoms. The van der Waals surface area contributed by atoms with E-state index in [0.717, 1.165) is 0 Å². The maximum atomic E-state index is 11.1. The molecule has 0 saturated carbocycles. The van der Waals surface area contributed by atoms with Crippen molar-refractivity contribution in [2.24, 2.45) is 0 Å². The van der Waals surface area contributed by atoms with Crippen molar-refractivity contribution >= 4 is 32.9 Å². The van der Waals surface area contributed by atoms with E-state index in [9.17, 15) is 9.47 Å². The zero-order valence-electron chi connectivity index (χ0n) is 12.6. The smallest absolute Gasteiger partial charge is 0.240 e. The Balaban J connectivity index is 2.12. The highest BCUT2D eigenvalue weighted by Gasteiger charge is 2.13. The molecular weight excluding hydrogens is 326 g/mol. The minimum atomic E-state index is -1.78. The average molecular weight is 338 g/mol. The number of benzene rings is 1. The van der Waals surface area contributed by atoms with Crippen molar-refractivity contribution in [2.45, 2.75) is 4.90 Å². The quantitative estimate of drug-likeness (QED) is 0.706. The summed E-state index contributed by atoms with van der Waals surface area (Å²) in [6, 6.07) is 10.5. The van der Waals surface area contributed by atoms with Crippen LogP contribution in [0.15, 0.2) is 47.6 Å². The standard InChI is InChI=1S/C16H12N5O2S/c1-23-16-15-13(6-7-19-16)14(10(8-17)9-20-15)21-11-2-4-12(5-3-11)24(18)22/h2-7,9,18H,1H3,(H,20,21)/q-1. The lowest BCUT2D eigenvalue weighted by Gasteiger charge is -2.13. The molecule has 3 rings (SSSR count). The summed E-state index contributed by atoms with van der Waals surface area (Å²) in [5.41, 5.74) is 2.21. The van der Waals surface area contributed by atoms with Gasteiger partial charge in [0.1, 0.15) is 11.6 Å². The van der Waals surface area contributed by atoms with Crippen molar-refractivity contribution in [3.8, 4) is 11.9 Å². The van der Waals surface area contributed by atoms with Gasteiger partial charge in [-0.25, -0.2) is 9.97 Å². The number of nitrogens with zero attached hydrogens (tertiary/aromatic N) is 3. The number of hydrogen-bond donors (Lipinski definition) is 2. The van der Waals surface area contributed by atoms with Crippen molar-refractivity contribution in [2.75, 3.05) is 12.4 Å². The number of fused-ring (bicyclic) bond motifs is 1. The number of nitrogens with one attached hydrogen (secondary N) is 2. The van der Waals surface area contributed by atoms with Crippen LogP contribution in [0.25, 0.3) is 10.9 Å². The summed E-state index contributed by atoms with van der Waals surface area (Å²) >= 11 is 0. The molecule has 2 heterocycles. The molecule has 0 atom stereocenters. The number of methoxy groups -OCH3 is 1. The molecule has 7 nitrogen and oxygen atoms in total. The summed E-state index contributed by atoms with van der Waals surface area (Å²) in [6.45, 7) is 0. The summed E-state index contributed by atoms with van der Waals surface area (Å²) in [5.74, 6) is 0.375. The first-order valence-electron chi connectivity index (χ1n) is 6.86. The fourth-order valence-corrected chi connectivity index (χ4v) is 2.66. The lowest BCUT2D eigenvalue weighted by Crippen LogP contribution is -1.99. The second-order valence-corrected chi connectivity index (χ2v) is 5.80. The highest BCUT2D eigenvalue weighted by molar-refractivity contribution is 7.73. The zero-order valence-corrected chi connectivity index (χ0v) is 13.4. The van der Waals surface area contributed by atoms with E-state index in [-0.39, 0.29) is 0 Å². The third-order valence-electron chi connectivity index (χ3n) is 3.40. The van der Waals surface area contributed by atoms with Gasteiger partial charge in [0.25, 0.3) is 0 Å². The van der Waals surface area contributed by atoms with Gasteiger partial charge in [0.15, 0.2) is 0 Å². The van der Waals surface area contributed by atoms with E-state index in [1.165, 1.54) is 13.3 Å². The summed E-state index contributed by atoms with van der Waals surface area (Å²) in [4.78, 5) is 8.77. The molecule has 24 heavy (non-hydrogen) atoms. The van der Waals surface area contributed by atoms with E-state index in [2.05, 4.69) is 21.4 Å². The maximum absolute atomic E-state index is 11.1. The van der Waals surface area contributed by atoms with Crippen LogP contribution in [0.1, 0.15) is 5.56 Å². The topological polar surface area (TPSA) is 112 Å². The Kier molecular flexibility index (Phi) is 4.26. The van der Waals surface area contributed by atoms with Crippen molar-refractivity contribution in [3.05, 3.63) is 48.3 Å². The molecule has 0 aliphatic carbocycles. The lowest BCUT2D eigenvalue weighted by atomic mass is 10.1. The van der Waals surface area contributed by atoms with Gasteiger partial charge in [-0.3, -0.25) is 0 Å². The van der Waals surface area contributed by atoms with Gasteiger partial charge >= 0.3 is 0 Å². The number of rotatable bonds is 4. The van der Waals surface area contributed by atoms with Crippen LogP contribution in [0, 0.1) is 16.1 Å². The number of pyridine rings is 2. The average Bonchev–Trinajstić information content (AvgIpc) is 2.61. The number of nitriles is 1. The van der Waals surface area contributed by atoms with Crippen molar-refractivity contribution in [1.82, 2.24) is 9.97 Å². The van der Waals surface area contributed by atoms with Gasteiger partial charge in [-0.15, -0.1) is 0 Å². The highest BCUT2D eigenvalue weighted by Crippen LogP contribution is 2.32. The first-order chi connectivity index (χ1) is 11.6. The maximum Gasteiger partial charge on any atom is 0.240 e. The van der Waals surface area contributed by atoms with E-state index < -0.39 is 10.6 Å². The molecular formula is C16H12N5O2S-. The Morgan fingerprint density at radius 3 is 2.62 bits per heavy atom. The molecule has 0 bridgehead atoms. The zero-order chi connectivity index (χ0) is 17.1. The van der Waals surface area contributed by atoms with Crippen LogP contribution < -0.4 is 10.1 Å². The van der Waals surface area contributed by atoms with Gasteiger partial charge in [-0.05, 0) is 18.2 Å². The van der Waals surface area contributed by atoms with Gasteiger partial charge in [-0.1, -0.05) is 17.0 Å². The molecule has 0 unspecified atom stereocenters. The third-order valence-corrected chi connectivity index (χ3v) is 4.10. The molecule has 0 fully saturated rings. The molecule has 0 aliphatic heterocycles. The van der Waals surface area contributed by atoms with Gasteiger partial charge in [-0.2, -0.15) is 15.9 Å². The van der Waals surface area contributed by atoms with E-state index in [1.807, 2.05) is 0 Å². The third kappa shape index (κ3) is 2.85. The first-order valence-corrected chi connectivity index (χ1v) is 8.01. The molecule has 0 amide bonds. The number of hydrogen-bond acceptors (Lipinski definition) is 8. The number of ether oxygens (including phenoxy) is 1. The molecule has 1 aromatic carbocycles. The van der Waals surface area contributed by atoms with Crippen LogP contribution in [0.5, 0.6) is 5.88 Å². The van der Waals surface area contributed by atoms with Crippen molar-refractivity contribution in [3.63, 3.8) is 0 Å². The van der Waals surface area contributed by atoms with Crippen molar-refractivity contribution < 1.29 is 8.95 Å². The summed E-state index contributed by atoms with van der Waals surface area (Å²) < 4.78 is 23.6. The lowest BCUT2D eigenvalue weighted by molar-refractivity contribution is 0.402. The normalized spacial score (nSPS) is 10.5. The molecule has 3 aromatic rings. The predicted octanol–water partition coefficient (Wildman–Crippen LogP) is 3.34. The molecule has 0 radical (unpaired) electrons. The number of aromatic nitrogens is 2. The highest BCUT2D eigenvalue weighted by atomic mass is 32.2. The second kappa shape index (κ2) is 6.52. The predicted molar refractivity (Wildman–Crippen MR) is 89.6 cm³/mol. The van der Waals surface area contributed by atoms with E-state index in [1.54, 1.807) is 36.5 Å². The summed E-state index contributed by atoms with van der Waals surface area (Å²) in [7, 11) is -0.273. The minimum absolute atomic E-state index is 0.375.